The minimum absolute atomic E-state index is 0.0690. The van der Waals surface area contributed by atoms with Crippen LogP contribution in [-0.4, -0.2) is 65.0 Å². The summed E-state index contributed by atoms with van der Waals surface area (Å²) in [5.41, 5.74) is 1.26. The Labute approximate surface area is 300 Å². The van der Waals surface area contributed by atoms with Crippen LogP contribution in [0.15, 0.2) is 29.7 Å². The molecule has 1 aliphatic rings. The zero-order chi connectivity index (χ0) is 39.1. The zero-order valence-electron chi connectivity index (χ0n) is 30.1. The number of carboxylic acids is 1. The number of aromatic hydroxyl groups is 2. The Morgan fingerprint density at radius 2 is 1.27 bits per heavy atom. The molecule has 3 aromatic carbocycles. The Hall–Kier alpha value is -6.05. The molecule has 0 fully saturated rings. The Bertz CT molecular complexity index is 2100. The largest absolute Gasteiger partial charge is 0.508 e. The highest BCUT2D eigenvalue weighted by atomic mass is 16.5. The van der Waals surface area contributed by atoms with Crippen LogP contribution in [-0.2, 0) is 20.7 Å². The maximum absolute atomic E-state index is 13.6. The third-order valence-corrected chi connectivity index (χ3v) is 9.33. The van der Waals surface area contributed by atoms with Crippen molar-refractivity contribution in [1.29, 1.82) is 0 Å². The van der Waals surface area contributed by atoms with Gasteiger partial charge in [0.15, 0.2) is 11.7 Å². The van der Waals surface area contributed by atoms with Crippen molar-refractivity contribution in [2.45, 2.75) is 61.8 Å². The number of benzene rings is 3. The van der Waals surface area contributed by atoms with Gasteiger partial charge in [-0.05, 0) is 105 Å². The van der Waals surface area contributed by atoms with Crippen molar-refractivity contribution < 1.29 is 63.3 Å². The van der Waals surface area contributed by atoms with Gasteiger partial charge in [0.25, 0.3) is 0 Å². The SMILES string of the molecule is [B]c1c(O)c(C(=O)Oc2cc(C)c(C(=O)Oc3c(C)c(C)c(C(=O)O)c(C)c3C)c(O)c2CC)c(C)c(C)c1OC(=O)C1C(=O)C=C(O)C=C1OC. The number of methoxy groups -OCH3 is 1. The number of allylic oxidation sites excluding steroid dienone is 2. The lowest BCUT2D eigenvalue weighted by Gasteiger charge is -2.22. The van der Waals surface area contributed by atoms with Crippen molar-refractivity contribution >= 4 is 43.0 Å². The first-order chi connectivity index (χ1) is 24.3. The zero-order valence-corrected chi connectivity index (χ0v) is 30.1. The molecular weight excluding hydrogens is 675 g/mol. The number of hydrogen-bond donors (Lipinski definition) is 4. The number of aryl methyl sites for hydroxylation is 1. The molecule has 52 heavy (non-hydrogen) atoms. The van der Waals surface area contributed by atoms with Gasteiger partial charge in [-0.25, -0.2) is 14.4 Å². The van der Waals surface area contributed by atoms with E-state index >= 15 is 0 Å². The number of esters is 3. The lowest BCUT2D eigenvalue weighted by atomic mass is 9.86. The molecule has 13 nitrogen and oxygen atoms in total. The monoisotopic (exact) mass is 712 g/mol. The minimum atomic E-state index is -1.56. The lowest BCUT2D eigenvalue weighted by Crippen LogP contribution is -2.33. The predicted octanol–water partition coefficient (Wildman–Crippen LogP) is 4.83. The minimum Gasteiger partial charge on any atom is -0.508 e. The average molecular weight is 713 g/mol. The number of rotatable bonds is 9. The van der Waals surface area contributed by atoms with Gasteiger partial charge >= 0.3 is 23.9 Å². The summed E-state index contributed by atoms with van der Waals surface area (Å²) in [7, 11) is 7.33. The molecule has 4 N–H and O–H groups in total. The molecule has 2 radical (unpaired) electrons. The molecule has 4 rings (SSSR count). The van der Waals surface area contributed by atoms with Crippen molar-refractivity contribution in [1.82, 2.24) is 0 Å². The smallest absolute Gasteiger partial charge is 0.347 e. The van der Waals surface area contributed by atoms with Gasteiger partial charge in [-0.15, -0.1) is 0 Å². The summed E-state index contributed by atoms with van der Waals surface area (Å²) in [6.07, 6.45) is 2.00. The normalized spacial score (nSPS) is 13.9. The molecule has 0 spiro atoms. The maximum atomic E-state index is 13.6. The van der Waals surface area contributed by atoms with Crippen LogP contribution >= 0.6 is 0 Å². The number of aliphatic hydroxyl groups is 1. The van der Waals surface area contributed by atoms with Crippen molar-refractivity contribution in [2.24, 2.45) is 5.92 Å². The van der Waals surface area contributed by atoms with Gasteiger partial charge in [-0.1, -0.05) is 6.92 Å². The van der Waals surface area contributed by atoms with E-state index in [1.165, 1.54) is 33.9 Å². The van der Waals surface area contributed by atoms with E-state index in [2.05, 4.69) is 0 Å². The molecule has 1 unspecified atom stereocenters. The summed E-state index contributed by atoms with van der Waals surface area (Å²) < 4.78 is 21.9. The molecule has 14 heteroatoms. The molecule has 1 aliphatic carbocycles. The Kier molecular flexibility index (Phi) is 10.9. The van der Waals surface area contributed by atoms with Gasteiger partial charge < -0.3 is 39.4 Å². The van der Waals surface area contributed by atoms with E-state index in [1.807, 2.05) is 0 Å². The highest BCUT2D eigenvalue weighted by Gasteiger charge is 2.37. The van der Waals surface area contributed by atoms with Crippen LogP contribution in [0.2, 0.25) is 0 Å². The van der Waals surface area contributed by atoms with E-state index in [-0.39, 0.29) is 68.4 Å². The van der Waals surface area contributed by atoms with E-state index in [1.54, 1.807) is 34.6 Å². The van der Waals surface area contributed by atoms with Crippen molar-refractivity contribution in [3.8, 4) is 28.7 Å². The lowest BCUT2D eigenvalue weighted by molar-refractivity contribution is -0.142. The fraction of sp³-hybridized carbons (Fsp3) is 0.289. The fourth-order valence-corrected chi connectivity index (χ4v) is 6.12. The van der Waals surface area contributed by atoms with E-state index in [9.17, 15) is 44.4 Å². The van der Waals surface area contributed by atoms with Gasteiger partial charge in [0.05, 0.1) is 12.7 Å². The molecule has 0 saturated heterocycles. The van der Waals surface area contributed by atoms with Crippen LogP contribution in [0.25, 0.3) is 0 Å². The van der Waals surface area contributed by atoms with Gasteiger partial charge in [-0.3, -0.25) is 9.59 Å². The molecular formula is C38H37BO13. The summed E-state index contributed by atoms with van der Waals surface area (Å²) in [6.45, 7) is 12.5. The average Bonchev–Trinajstić information content (AvgIpc) is 3.06. The number of aromatic carboxylic acids is 1. The van der Waals surface area contributed by atoms with Crippen LogP contribution in [0.4, 0.5) is 0 Å². The molecule has 0 bridgehead atoms. The highest BCUT2D eigenvalue weighted by molar-refractivity contribution is 6.37. The maximum Gasteiger partial charge on any atom is 0.347 e. The second-order valence-electron chi connectivity index (χ2n) is 12.3. The van der Waals surface area contributed by atoms with E-state index < -0.39 is 58.3 Å². The summed E-state index contributed by atoms with van der Waals surface area (Å²) in [6, 6.07) is 1.35. The molecule has 0 amide bonds. The first kappa shape index (κ1) is 38.8. The van der Waals surface area contributed by atoms with Crippen LogP contribution in [0.3, 0.4) is 0 Å². The first-order valence-corrected chi connectivity index (χ1v) is 15.9. The number of ether oxygens (including phenoxy) is 4. The van der Waals surface area contributed by atoms with Crippen LogP contribution in [0.5, 0.6) is 28.7 Å². The number of hydrogen-bond acceptors (Lipinski definition) is 12. The number of aliphatic hydroxyl groups excluding tert-OH is 1. The topological polar surface area (TPSA) is 203 Å². The third kappa shape index (κ3) is 6.71. The summed E-state index contributed by atoms with van der Waals surface area (Å²) in [4.78, 5) is 64.5. The number of ketones is 1. The standard InChI is InChI=1S/C38H37BO13/c1-10-22-24(11-14(2)26(31(22)42)36(46)51-33-18(6)15(3)27(35(44)45)16(4)19(33)7)50-37(47)28-17(5)20(8)34(30(39)32(28)43)52-38(48)29-23(41)12-21(40)13-25(29)49-9/h11-13,29,40,42-43H,10H2,1-9H3,(H,44,45). The van der Waals surface area contributed by atoms with Crippen molar-refractivity contribution in [3.63, 3.8) is 0 Å². The number of carbonyl (C=O) groups excluding carboxylic acids is 4. The quantitative estimate of drug-likeness (QED) is 0.102. The molecule has 0 aromatic heterocycles. The van der Waals surface area contributed by atoms with E-state index in [4.69, 9.17) is 26.8 Å². The van der Waals surface area contributed by atoms with Crippen LogP contribution in [0, 0.1) is 54.4 Å². The van der Waals surface area contributed by atoms with Gasteiger partial charge in [0.1, 0.15) is 59.2 Å². The molecule has 0 saturated carbocycles. The van der Waals surface area contributed by atoms with Gasteiger partial charge in [0.2, 0.25) is 0 Å². The molecule has 0 heterocycles. The summed E-state index contributed by atoms with van der Waals surface area (Å²) in [5.74, 6) is -8.79. The Morgan fingerprint density at radius 1 is 0.731 bits per heavy atom. The molecule has 270 valence electrons. The van der Waals surface area contributed by atoms with Crippen molar-refractivity contribution in [3.05, 3.63) is 90.9 Å². The molecule has 0 aliphatic heterocycles. The van der Waals surface area contributed by atoms with E-state index in [0.29, 0.717) is 22.3 Å². The Morgan fingerprint density at radius 3 is 1.81 bits per heavy atom. The van der Waals surface area contributed by atoms with Crippen molar-refractivity contribution in [2.75, 3.05) is 7.11 Å². The number of phenolic OH excluding ortho intramolecular Hbond substituents is 2. The molecule has 3 aromatic rings. The fourth-order valence-electron chi connectivity index (χ4n) is 6.12. The summed E-state index contributed by atoms with van der Waals surface area (Å²) >= 11 is 0. The van der Waals surface area contributed by atoms with Crippen LogP contribution in [0.1, 0.15) is 82.5 Å². The highest BCUT2D eigenvalue weighted by Crippen LogP contribution is 2.39. The molecule has 1 atom stereocenters. The van der Waals surface area contributed by atoms with E-state index in [0.717, 1.165) is 12.2 Å². The first-order valence-electron chi connectivity index (χ1n) is 15.9. The Balaban J connectivity index is 1.67. The van der Waals surface area contributed by atoms with Gasteiger partial charge in [0, 0.05) is 17.7 Å². The number of carbonyl (C=O) groups is 5. The number of phenols is 2. The number of carboxylic acid groups (broad SMARTS) is 1. The third-order valence-electron chi connectivity index (χ3n) is 9.33. The predicted molar refractivity (Wildman–Crippen MR) is 187 cm³/mol. The second-order valence-corrected chi connectivity index (χ2v) is 12.3. The summed E-state index contributed by atoms with van der Waals surface area (Å²) in [5, 5.41) is 41.8. The van der Waals surface area contributed by atoms with Gasteiger partial charge in [-0.2, -0.15) is 0 Å². The van der Waals surface area contributed by atoms with Crippen LogP contribution < -0.4 is 19.7 Å². The second kappa shape index (κ2) is 14.7.